The van der Waals surface area contributed by atoms with Crippen molar-refractivity contribution in [3.05, 3.63) is 30.5 Å². The molecule has 2 aliphatic heterocycles. The van der Waals surface area contributed by atoms with Gasteiger partial charge < -0.3 is 19.5 Å². The lowest BCUT2D eigenvalue weighted by Crippen LogP contribution is -2.53. The predicted octanol–water partition coefficient (Wildman–Crippen LogP) is 1.69. The first-order valence-corrected chi connectivity index (χ1v) is 10.1. The molecule has 7 nitrogen and oxygen atoms in total. The summed E-state index contributed by atoms with van der Waals surface area (Å²) in [5.41, 5.74) is 2.01. The minimum Gasteiger partial charge on any atom is -0.497 e. The first-order valence-electron chi connectivity index (χ1n) is 10.1. The largest absolute Gasteiger partial charge is 0.497 e. The number of fused-ring (bicyclic) bond motifs is 1. The molecule has 0 bridgehead atoms. The Morgan fingerprint density at radius 3 is 2.61 bits per heavy atom. The van der Waals surface area contributed by atoms with Crippen LogP contribution in [0.25, 0.3) is 10.9 Å². The molecule has 7 heteroatoms. The molecule has 2 fully saturated rings. The van der Waals surface area contributed by atoms with Crippen molar-refractivity contribution in [1.82, 2.24) is 14.8 Å². The lowest BCUT2D eigenvalue weighted by Gasteiger charge is -2.38. The Kier molecular flexibility index (Phi) is 6.59. The van der Waals surface area contributed by atoms with Crippen LogP contribution in [0.4, 0.5) is 5.69 Å². The molecule has 1 N–H and O–H groups in total. The quantitative estimate of drug-likeness (QED) is 0.777. The van der Waals surface area contributed by atoms with E-state index in [1.165, 1.54) is 0 Å². The van der Waals surface area contributed by atoms with E-state index in [1.54, 1.807) is 7.11 Å². The first-order chi connectivity index (χ1) is 13.8. The van der Waals surface area contributed by atoms with E-state index >= 15 is 0 Å². The van der Waals surface area contributed by atoms with Crippen molar-refractivity contribution in [1.29, 1.82) is 0 Å². The van der Waals surface area contributed by atoms with Crippen LogP contribution in [0.3, 0.4) is 0 Å². The summed E-state index contributed by atoms with van der Waals surface area (Å²) in [6, 6.07) is 8.51. The minimum atomic E-state index is 0.409. The normalized spacial score (nSPS) is 20.2. The molecule has 0 aliphatic carbocycles. The van der Waals surface area contributed by atoms with Gasteiger partial charge in [-0.15, -0.1) is 0 Å². The van der Waals surface area contributed by atoms with Gasteiger partial charge in [0, 0.05) is 63.0 Å². The van der Waals surface area contributed by atoms with Crippen LogP contribution in [0.1, 0.15) is 0 Å². The van der Waals surface area contributed by atoms with Gasteiger partial charge in [0.05, 0.1) is 44.7 Å². The fourth-order valence-corrected chi connectivity index (χ4v) is 3.98. The van der Waals surface area contributed by atoms with Crippen molar-refractivity contribution >= 4 is 16.6 Å². The number of ether oxygens (including phenoxy) is 3. The van der Waals surface area contributed by atoms with Gasteiger partial charge in [0.25, 0.3) is 0 Å². The number of hydrogen-bond donors (Lipinski definition) is 1. The van der Waals surface area contributed by atoms with Gasteiger partial charge >= 0.3 is 0 Å². The second-order valence-corrected chi connectivity index (χ2v) is 7.35. The highest BCUT2D eigenvalue weighted by molar-refractivity contribution is 5.91. The minimum absolute atomic E-state index is 0.409. The molecule has 0 amide bonds. The summed E-state index contributed by atoms with van der Waals surface area (Å²) in [5.74, 6) is 0.846. The van der Waals surface area contributed by atoms with Gasteiger partial charge in [-0.3, -0.25) is 14.8 Å². The molecule has 0 radical (unpaired) electrons. The van der Waals surface area contributed by atoms with Crippen LogP contribution >= 0.6 is 0 Å². The zero-order valence-corrected chi connectivity index (χ0v) is 16.6. The number of hydrogen-bond acceptors (Lipinski definition) is 7. The zero-order chi connectivity index (χ0) is 19.2. The molecule has 1 aromatic carbocycles. The fourth-order valence-electron chi connectivity index (χ4n) is 3.98. The molecular weight excluding hydrogens is 356 g/mol. The number of nitrogens with zero attached hydrogens (tertiary/aromatic N) is 3. The van der Waals surface area contributed by atoms with Crippen molar-refractivity contribution in [3.63, 3.8) is 0 Å². The van der Waals surface area contributed by atoms with Crippen LogP contribution in [0.5, 0.6) is 5.75 Å². The summed E-state index contributed by atoms with van der Waals surface area (Å²) in [6.45, 7) is 9.13. The van der Waals surface area contributed by atoms with E-state index in [0.717, 1.165) is 88.0 Å². The Bertz CT molecular complexity index is 760. The SMILES string of the molecule is COc1cc(NCC(CN2CCOCC2)N2CCOCC2)c2ncccc2c1. The van der Waals surface area contributed by atoms with Crippen LogP contribution < -0.4 is 10.1 Å². The van der Waals surface area contributed by atoms with Crippen LogP contribution in [-0.4, -0.2) is 93.6 Å². The van der Waals surface area contributed by atoms with Crippen molar-refractivity contribution < 1.29 is 14.2 Å². The van der Waals surface area contributed by atoms with E-state index in [2.05, 4.69) is 26.2 Å². The fraction of sp³-hybridized carbons (Fsp3) is 0.571. The lowest BCUT2D eigenvalue weighted by atomic mass is 10.1. The highest BCUT2D eigenvalue weighted by atomic mass is 16.5. The number of benzene rings is 1. The summed E-state index contributed by atoms with van der Waals surface area (Å²) < 4.78 is 16.6. The van der Waals surface area contributed by atoms with Crippen molar-refractivity contribution in [2.24, 2.45) is 0 Å². The average Bonchev–Trinajstić information content (AvgIpc) is 2.77. The third-order valence-corrected chi connectivity index (χ3v) is 5.58. The van der Waals surface area contributed by atoms with E-state index in [1.807, 2.05) is 24.4 Å². The molecule has 2 aliphatic rings. The second kappa shape index (κ2) is 9.52. The van der Waals surface area contributed by atoms with E-state index in [-0.39, 0.29) is 0 Å². The number of nitrogens with one attached hydrogen (secondary N) is 1. The highest BCUT2D eigenvalue weighted by Crippen LogP contribution is 2.27. The van der Waals surface area contributed by atoms with Gasteiger partial charge in [0.2, 0.25) is 0 Å². The van der Waals surface area contributed by atoms with Gasteiger partial charge in [-0.05, 0) is 12.1 Å². The maximum atomic E-state index is 5.57. The Morgan fingerprint density at radius 2 is 1.86 bits per heavy atom. The summed E-state index contributed by atoms with van der Waals surface area (Å²) in [4.78, 5) is 9.63. The molecule has 1 aromatic heterocycles. The van der Waals surface area contributed by atoms with E-state index < -0.39 is 0 Å². The Balaban J connectivity index is 1.50. The highest BCUT2D eigenvalue weighted by Gasteiger charge is 2.24. The number of morpholine rings is 2. The van der Waals surface area contributed by atoms with Crippen molar-refractivity contribution in [3.8, 4) is 5.75 Å². The van der Waals surface area contributed by atoms with Gasteiger partial charge in [-0.1, -0.05) is 6.07 Å². The first kappa shape index (κ1) is 19.4. The second-order valence-electron chi connectivity index (χ2n) is 7.35. The molecule has 152 valence electrons. The topological polar surface area (TPSA) is 59.1 Å². The number of methoxy groups -OCH3 is 1. The summed E-state index contributed by atoms with van der Waals surface area (Å²) in [7, 11) is 1.70. The predicted molar refractivity (Wildman–Crippen MR) is 110 cm³/mol. The van der Waals surface area contributed by atoms with Crippen LogP contribution in [0.2, 0.25) is 0 Å². The van der Waals surface area contributed by atoms with E-state index in [4.69, 9.17) is 14.2 Å². The lowest BCUT2D eigenvalue weighted by molar-refractivity contribution is -0.00639. The van der Waals surface area contributed by atoms with E-state index in [9.17, 15) is 0 Å². The summed E-state index contributed by atoms with van der Waals surface area (Å²) >= 11 is 0. The molecule has 0 saturated carbocycles. The Morgan fingerprint density at radius 1 is 1.11 bits per heavy atom. The smallest absolute Gasteiger partial charge is 0.121 e. The molecule has 1 atom stereocenters. The third-order valence-electron chi connectivity index (χ3n) is 5.58. The molecule has 28 heavy (non-hydrogen) atoms. The standard InChI is InChI=1S/C21H30N4O3/c1-26-19-13-17-3-2-4-22-21(17)20(14-19)23-15-18(25-7-11-28-12-8-25)16-24-5-9-27-10-6-24/h2-4,13-14,18,23H,5-12,15-16H2,1H3. The van der Waals surface area contributed by atoms with Gasteiger partial charge in [0.15, 0.2) is 0 Å². The molecule has 4 rings (SSSR count). The van der Waals surface area contributed by atoms with Crippen LogP contribution in [0, 0.1) is 0 Å². The average molecular weight is 386 g/mol. The summed E-state index contributed by atoms with van der Waals surface area (Å²) in [5, 5.41) is 4.75. The third kappa shape index (κ3) is 4.72. The number of rotatable bonds is 7. The maximum absolute atomic E-state index is 5.57. The molecule has 2 saturated heterocycles. The monoisotopic (exact) mass is 386 g/mol. The van der Waals surface area contributed by atoms with Gasteiger partial charge in [-0.2, -0.15) is 0 Å². The van der Waals surface area contributed by atoms with Crippen LogP contribution in [-0.2, 0) is 9.47 Å². The molecule has 2 aromatic rings. The molecule has 1 unspecified atom stereocenters. The van der Waals surface area contributed by atoms with Gasteiger partial charge in [0.1, 0.15) is 5.75 Å². The molecule has 3 heterocycles. The number of anilines is 1. The van der Waals surface area contributed by atoms with Gasteiger partial charge in [-0.25, -0.2) is 0 Å². The Labute approximate surface area is 166 Å². The molecular formula is C21H30N4O3. The van der Waals surface area contributed by atoms with Crippen LogP contribution in [0.15, 0.2) is 30.5 Å². The summed E-state index contributed by atoms with van der Waals surface area (Å²) in [6.07, 6.45) is 1.84. The number of aromatic nitrogens is 1. The Hall–Kier alpha value is -1.93. The van der Waals surface area contributed by atoms with Crippen molar-refractivity contribution in [2.45, 2.75) is 6.04 Å². The van der Waals surface area contributed by atoms with E-state index in [0.29, 0.717) is 6.04 Å². The van der Waals surface area contributed by atoms with Crippen molar-refractivity contribution in [2.75, 3.05) is 78.1 Å². The molecule has 0 spiro atoms. The zero-order valence-electron chi connectivity index (χ0n) is 16.6. The maximum Gasteiger partial charge on any atom is 0.121 e. The number of pyridine rings is 1.